The molecular weight excluding hydrogens is 236 g/mol. The van der Waals surface area contributed by atoms with Crippen molar-refractivity contribution in [2.45, 2.75) is 32.4 Å². The number of hydrogen-bond acceptors (Lipinski definition) is 4. The van der Waals surface area contributed by atoms with Crippen LogP contribution in [0.2, 0.25) is 0 Å². The average molecular weight is 252 g/mol. The normalized spacial score (nSPS) is 20.3. The molecule has 5 heteroatoms. The van der Waals surface area contributed by atoms with Crippen molar-refractivity contribution >= 4 is 23.2 Å². The number of hydrogen-bond donors (Lipinski definition) is 1. The van der Waals surface area contributed by atoms with Gasteiger partial charge in [0.2, 0.25) is 11.8 Å². The molecule has 4 nitrogen and oxygen atoms in total. The highest BCUT2D eigenvalue weighted by molar-refractivity contribution is 7.09. The van der Waals surface area contributed by atoms with E-state index in [1.807, 2.05) is 24.4 Å². The van der Waals surface area contributed by atoms with Gasteiger partial charge in [-0.3, -0.25) is 14.5 Å². The van der Waals surface area contributed by atoms with Gasteiger partial charge in [0.25, 0.3) is 0 Å². The van der Waals surface area contributed by atoms with Crippen molar-refractivity contribution in [1.82, 2.24) is 10.2 Å². The summed E-state index contributed by atoms with van der Waals surface area (Å²) in [6.45, 7) is 3.16. The molecule has 1 unspecified atom stereocenters. The van der Waals surface area contributed by atoms with E-state index in [0.717, 1.165) is 6.42 Å². The van der Waals surface area contributed by atoms with Crippen LogP contribution in [0.1, 0.15) is 24.6 Å². The molecule has 92 valence electrons. The minimum absolute atomic E-state index is 0.0551. The van der Waals surface area contributed by atoms with E-state index in [9.17, 15) is 9.59 Å². The molecule has 1 aliphatic heterocycles. The standard InChI is InChI=1S/C12H16N2O2S/c1-2-5-14-11(15)7-10(12(14)16)13-8-9-4-3-6-17-9/h3-4,6,10,13H,2,5,7-8H2,1H3. The Kier molecular flexibility index (Phi) is 3.91. The van der Waals surface area contributed by atoms with Crippen LogP contribution in [0.25, 0.3) is 0 Å². The quantitative estimate of drug-likeness (QED) is 0.805. The van der Waals surface area contributed by atoms with Gasteiger partial charge in [0.05, 0.1) is 12.5 Å². The van der Waals surface area contributed by atoms with Gasteiger partial charge in [0.15, 0.2) is 0 Å². The summed E-state index contributed by atoms with van der Waals surface area (Å²) in [4.78, 5) is 26.1. The summed E-state index contributed by atoms with van der Waals surface area (Å²) >= 11 is 1.65. The van der Waals surface area contributed by atoms with Gasteiger partial charge >= 0.3 is 0 Å². The van der Waals surface area contributed by atoms with Gasteiger partial charge in [0.1, 0.15) is 0 Å². The summed E-state index contributed by atoms with van der Waals surface area (Å²) in [6.07, 6.45) is 1.11. The molecule has 17 heavy (non-hydrogen) atoms. The van der Waals surface area contributed by atoms with Gasteiger partial charge in [-0.15, -0.1) is 11.3 Å². The molecule has 1 aromatic heterocycles. The van der Waals surface area contributed by atoms with Crippen LogP contribution in [0.5, 0.6) is 0 Å². The van der Waals surface area contributed by atoms with E-state index in [1.165, 1.54) is 9.78 Å². The predicted octanol–water partition coefficient (Wildman–Crippen LogP) is 1.38. The molecule has 0 saturated carbocycles. The Hall–Kier alpha value is -1.20. The van der Waals surface area contributed by atoms with Crippen molar-refractivity contribution in [3.63, 3.8) is 0 Å². The molecule has 0 bridgehead atoms. The van der Waals surface area contributed by atoms with Crippen molar-refractivity contribution in [3.05, 3.63) is 22.4 Å². The van der Waals surface area contributed by atoms with Gasteiger partial charge in [0, 0.05) is 18.0 Å². The summed E-state index contributed by atoms with van der Waals surface area (Å²) in [6, 6.07) is 3.66. The van der Waals surface area contributed by atoms with E-state index in [1.54, 1.807) is 11.3 Å². The molecule has 1 aromatic rings. The molecule has 2 heterocycles. The van der Waals surface area contributed by atoms with Crippen LogP contribution in [0, 0.1) is 0 Å². The number of amides is 2. The largest absolute Gasteiger partial charge is 0.300 e. The van der Waals surface area contributed by atoms with Crippen molar-refractivity contribution in [2.24, 2.45) is 0 Å². The molecule has 1 saturated heterocycles. The zero-order chi connectivity index (χ0) is 12.3. The number of carbonyl (C=O) groups excluding carboxylic acids is 2. The summed E-state index contributed by atoms with van der Waals surface area (Å²) in [7, 11) is 0. The van der Waals surface area contributed by atoms with E-state index in [2.05, 4.69) is 5.32 Å². The highest BCUT2D eigenvalue weighted by Crippen LogP contribution is 2.15. The lowest BCUT2D eigenvalue weighted by Crippen LogP contribution is -2.38. The zero-order valence-corrected chi connectivity index (χ0v) is 10.6. The molecule has 1 fully saturated rings. The third-order valence-corrected chi connectivity index (χ3v) is 3.67. The van der Waals surface area contributed by atoms with E-state index in [-0.39, 0.29) is 17.9 Å². The SMILES string of the molecule is CCCN1C(=O)CC(NCc2cccs2)C1=O. The lowest BCUT2D eigenvalue weighted by atomic mass is 10.2. The number of nitrogens with one attached hydrogen (secondary N) is 1. The van der Waals surface area contributed by atoms with Crippen LogP contribution in [-0.4, -0.2) is 29.3 Å². The zero-order valence-electron chi connectivity index (χ0n) is 9.81. The lowest BCUT2D eigenvalue weighted by Gasteiger charge is -2.13. The fourth-order valence-electron chi connectivity index (χ4n) is 1.94. The number of rotatable bonds is 5. The Morgan fingerprint density at radius 1 is 1.53 bits per heavy atom. The smallest absolute Gasteiger partial charge is 0.246 e. The number of likely N-dealkylation sites (tertiary alicyclic amines) is 1. The lowest BCUT2D eigenvalue weighted by molar-refractivity contribution is -0.138. The molecular formula is C12H16N2O2S. The van der Waals surface area contributed by atoms with E-state index in [4.69, 9.17) is 0 Å². The van der Waals surface area contributed by atoms with Crippen molar-refractivity contribution in [2.75, 3.05) is 6.54 Å². The summed E-state index contributed by atoms with van der Waals surface area (Å²) in [5.74, 6) is -0.131. The summed E-state index contributed by atoms with van der Waals surface area (Å²) in [5, 5.41) is 5.15. The third kappa shape index (κ3) is 2.73. The Morgan fingerprint density at radius 3 is 3.00 bits per heavy atom. The summed E-state index contributed by atoms with van der Waals surface area (Å²) in [5.41, 5.74) is 0. The number of carbonyl (C=O) groups is 2. The van der Waals surface area contributed by atoms with Gasteiger partial charge in [-0.1, -0.05) is 13.0 Å². The number of thiophene rings is 1. The first-order valence-corrected chi connectivity index (χ1v) is 6.70. The first-order valence-electron chi connectivity index (χ1n) is 5.82. The molecule has 0 aliphatic carbocycles. The van der Waals surface area contributed by atoms with Crippen molar-refractivity contribution < 1.29 is 9.59 Å². The van der Waals surface area contributed by atoms with E-state index in [0.29, 0.717) is 19.5 Å². The summed E-state index contributed by atoms with van der Waals surface area (Å²) < 4.78 is 0. The average Bonchev–Trinajstić information content (AvgIpc) is 2.90. The predicted molar refractivity (Wildman–Crippen MR) is 66.6 cm³/mol. The highest BCUT2D eigenvalue weighted by atomic mass is 32.1. The Morgan fingerprint density at radius 2 is 2.35 bits per heavy atom. The van der Waals surface area contributed by atoms with Crippen molar-refractivity contribution in [3.8, 4) is 0 Å². The first-order chi connectivity index (χ1) is 8.22. The van der Waals surface area contributed by atoms with Gasteiger partial charge < -0.3 is 5.32 Å². The second kappa shape index (κ2) is 5.42. The van der Waals surface area contributed by atoms with Crippen molar-refractivity contribution in [1.29, 1.82) is 0 Å². The molecule has 0 spiro atoms. The maximum Gasteiger partial charge on any atom is 0.246 e. The molecule has 0 aromatic carbocycles. The molecule has 2 rings (SSSR count). The molecule has 2 amide bonds. The second-order valence-corrected chi connectivity index (χ2v) is 5.13. The molecule has 0 radical (unpaired) electrons. The molecule has 1 N–H and O–H groups in total. The van der Waals surface area contributed by atoms with Crippen LogP contribution in [0.3, 0.4) is 0 Å². The number of imide groups is 1. The minimum atomic E-state index is -0.337. The molecule has 1 aliphatic rings. The maximum atomic E-state index is 11.9. The van der Waals surface area contributed by atoms with Crippen LogP contribution in [0.15, 0.2) is 17.5 Å². The first kappa shape index (κ1) is 12.3. The third-order valence-electron chi connectivity index (χ3n) is 2.79. The van der Waals surface area contributed by atoms with Crippen LogP contribution in [0.4, 0.5) is 0 Å². The number of nitrogens with zero attached hydrogens (tertiary/aromatic N) is 1. The Bertz CT molecular complexity index is 403. The minimum Gasteiger partial charge on any atom is -0.300 e. The molecule has 1 atom stereocenters. The topological polar surface area (TPSA) is 49.4 Å². The van der Waals surface area contributed by atoms with Crippen LogP contribution in [-0.2, 0) is 16.1 Å². The second-order valence-electron chi connectivity index (χ2n) is 4.10. The fourth-order valence-corrected chi connectivity index (χ4v) is 2.59. The Balaban J connectivity index is 1.90. The van der Waals surface area contributed by atoms with Gasteiger partial charge in [-0.05, 0) is 17.9 Å². The van der Waals surface area contributed by atoms with Gasteiger partial charge in [-0.25, -0.2) is 0 Å². The fraction of sp³-hybridized carbons (Fsp3) is 0.500. The van der Waals surface area contributed by atoms with Gasteiger partial charge in [-0.2, -0.15) is 0 Å². The van der Waals surface area contributed by atoms with Crippen LogP contribution >= 0.6 is 11.3 Å². The van der Waals surface area contributed by atoms with E-state index >= 15 is 0 Å². The van der Waals surface area contributed by atoms with E-state index < -0.39 is 0 Å². The van der Waals surface area contributed by atoms with Crippen LogP contribution < -0.4 is 5.32 Å². The Labute approximate surface area is 105 Å². The maximum absolute atomic E-state index is 11.9. The highest BCUT2D eigenvalue weighted by Gasteiger charge is 2.37. The monoisotopic (exact) mass is 252 g/mol.